The molecule has 136 heavy (non-hydrogen) atoms. The summed E-state index contributed by atoms with van der Waals surface area (Å²) in [5, 5.41) is 6.94. The SMILES string of the molecule is [2H]c1c(C([2H])([2H])C(C)C)c([2H])c(-c2c(C)cc(-c3ccccc3)c3c2oc2cc([N+]#[C-])ccc23)[n+](C)c1C.[2H]c1c(C([2H])([2H])C(C)C)c([2H])c(-c2c(C)ccc3c2oc2cc([N+]#[C-])c(-c4ccccc4)cc23)[n+](C)c1C.[2H]c1c(C([2H])([2H])C(C)C)c([2H])c(-c2c(C)ccc3c2oc2cc([N+]#[C-])c(-c4ccccc4)cc23)[n+](C)c1C.[2H]c1c(C([2H])([2H])C(C)C)c([2H])c(-c2c(C)ccc3c2oc2cc([N+]#[C-])cc(-c4ccccc4)c23)[n+](C)c1C. The molecule has 0 unspecified atom stereocenters. The predicted octanol–water partition coefficient (Wildman–Crippen LogP) is 32.4. The molecule has 20 rings (SSSR count). The lowest BCUT2D eigenvalue weighted by Gasteiger charge is -2.13. The summed E-state index contributed by atoms with van der Waals surface area (Å²) in [6.07, 6.45) is -7.43. The first-order valence-corrected chi connectivity index (χ1v) is 45.7. The fraction of sp³-hybridized carbons (Fsp3) is 0.226. The van der Waals surface area contributed by atoms with Gasteiger partial charge in [0, 0.05) is 130 Å². The molecule has 0 saturated carbocycles. The van der Waals surface area contributed by atoms with E-state index in [9.17, 15) is 2.74 Å². The molecule has 0 aliphatic rings. The summed E-state index contributed by atoms with van der Waals surface area (Å²) in [7, 11) is 7.23. The number of fused-ring (bicyclic) bond motifs is 12. The van der Waals surface area contributed by atoms with E-state index in [4.69, 9.17) is 63.1 Å². The van der Waals surface area contributed by atoms with Crippen LogP contribution in [0.25, 0.3) is 197 Å². The van der Waals surface area contributed by atoms with Gasteiger partial charge in [-0.1, -0.05) is 237 Å². The molecule has 0 amide bonds. The Morgan fingerprint density at radius 2 is 0.581 bits per heavy atom. The Balaban J connectivity index is 0.000000138. The molecule has 12 nitrogen and oxygen atoms in total. The Kier molecular flexibility index (Phi) is 20.9. The zero-order valence-corrected chi connectivity index (χ0v) is 80.3. The topological polar surface area (TPSA) is 85.5 Å². The lowest BCUT2D eigenvalue weighted by molar-refractivity contribution is -0.666. The van der Waals surface area contributed by atoms with Gasteiger partial charge in [-0.15, -0.1) is 0 Å². The molecular formula is C124H116N8O4+4. The normalized spacial score (nSPS) is 13.6. The summed E-state index contributed by atoms with van der Waals surface area (Å²) in [6, 6.07) is 70.3. The summed E-state index contributed by atoms with van der Waals surface area (Å²) < 4.78 is 175. The van der Waals surface area contributed by atoms with Crippen LogP contribution in [-0.4, -0.2) is 0 Å². The van der Waals surface area contributed by atoms with Gasteiger partial charge < -0.3 is 17.7 Å². The van der Waals surface area contributed by atoms with Crippen LogP contribution < -0.4 is 18.3 Å². The molecule has 12 heteroatoms. The molecule has 0 atom stereocenters. The average molecular weight is 1800 g/mol. The van der Waals surface area contributed by atoms with Crippen LogP contribution >= 0.6 is 0 Å². The molecule has 0 bridgehead atoms. The van der Waals surface area contributed by atoms with Crippen LogP contribution in [0.2, 0.25) is 0 Å². The van der Waals surface area contributed by atoms with Gasteiger partial charge in [-0.3, -0.25) is 0 Å². The van der Waals surface area contributed by atoms with Crippen molar-refractivity contribution < 1.29 is 57.9 Å². The van der Waals surface area contributed by atoms with Crippen molar-refractivity contribution in [3.63, 3.8) is 0 Å². The molecule has 20 aromatic rings. The van der Waals surface area contributed by atoms with Gasteiger partial charge in [-0.2, -0.15) is 18.3 Å². The molecule has 0 radical (unpaired) electrons. The highest BCUT2D eigenvalue weighted by atomic mass is 16.3. The molecule has 0 aliphatic heterocycles. The van der Waals surface area contributed by atoms with Gasteiger partial charge in [0.25, 0.3) is 0 Å². The third-order valence-corrected chi connectivity index (χ3v) is 24.9. The number of furan rings is 4. The molecule has 0 N–H and O–H groups in total. The van der Waals surface area contributed by atoms with Gasteiger partial charge in [-0.25, -0.2) is 19.4 Å². The number of aryl methyl sites for hydroxylation is 4. The summed E-state index contributed by atoms with van der Waals surface area (Å²) in [5.41, 5.74) is 25.0. The number of hydrogen-bond acceptors (Lipinski definition) is 4. The molecule has 12 aromatic carbocycles. The monoisotopic (exact) mass is 1800 g/mol. The van der Waals surface area contributed by atoms with Crippen molar-refractivity contribution in [2.75, 3.05) is 0 Å². The minimum atomic E-state index is -1.86. The molecule has 0 fully saturated rings. The Hall–Kier alpha value is -15.6. The highest BCUT2D eigenvalue weighted by Crippen LogP contribution is 2.49. The molecule has 0 spiro atoms. The molecule has 672 valence electrons. The van der Waals surface area contributed by atoms with E-state index in [0.717, 1.165) is 110 Å². The number of nitrogens with zero attached hydrogens (tertiary/aromatic N) is 8. The van der Waals surface area contributed by atoms with Crippen molar-refractivity contribution in [2.45, 2.75) is 136 Å². The van der Waals surface area contributed by atoms with Crippen LogP contribution in [0.15, 0.2) is 284 Å². The van der Waals surface area contributed by atoms with Gasteiger partial charge in [0.2, 0.25) is 22.8 Å². The van der Waals surface area contributed by atoms with E-state index in [-0.39, 0.29) is 70.6 Å². The summed E-state index contributed by atoms with van der Waals surface area (Å²) in [5.74, 6) is -1.67. The van der Waals surface area contributed by atoms with Gasteiger partial charge >= 0.3 is 0 Å². The maximum absolute atomic E-state index is 9.24. The minimum absolute atomic E-state index is 0.00956. The number of rotatable bonds is 16. The van der Waals surface area contributed by atoms with Crippen LogP contribution in [0.4, 0.5) is 22.7 Å². The highest BCUT2D eigenvalue weighted by Gasteiger charge is 2.31. The largest absolute Gasteiger partial charge is 0.456 e. The lowest BCUT2D eigenvalue weighted by Crippen LogP contribution is -2.35. The highest BCUT2D eigenvalue weighted by molar-refractivity contribution is 6.19. The quantitative estimate of drug-likeness (QED) is 0.0712. The second-order valence-corrected chi connectivity index (χ2v) is 36.0. The molecule has 0 saturated heterocycles. The van der Waals surface area contributed by atoms with Gasteiger partial charge in [0.15, 0.2) is 45.5 Å². The second kappa shape index (κ2) is 38.5. The zero-order chi connectivity index (χ0) is 110. The van der Waals surface area contributed by atoms with Crippen molar-refractivity contribution in [2.24, 2.45) is 51.9 Å². The maximum Gasteiger partial charge on any atom is 0.216 e. The van der Waals surface area contributed by atoms with Crippen LogP contribution in [-0.2, 0) is 53.7 Å². The van der Waals surface area contributed by atoms with Gasteiger partial charge in [0.05, 0.1) is 59.5 Å². The summed E-state index contributed by atoms with van der Waals surface area (Å²) in [4.78, 5) is 14.8. The van der Waals surface area contributed by atoms with Crippen molar-refractivity contribution in [3.8, 4) is 89.5 Å². The van der Waals surface area contributed by atoms with E-state index >= 15 is 0 Å². The Morgan fingerprint density at radius 3 is 0.934 bits per heavy atom. The predicted molar refractivity (Wildman–Crippen MR) is 560 cm³/mol. The number of hydrogen-bond donors (Lipinski definition) is 0. The summed E-state index contributed by atoms with van der Waals surface area (Å²) in [6.45, 7) is 59.8. The lowest BCUT2D eigenvalue weighted by atomic mass is 9.91. The van der Waals surface area contributed by atoms with Gasteiger partial charge in [-0.05, 0) is 202 Å². The van der Waals surface area contributed by atoms with Crippen LogP contribution in [0.1, 0.15) is 145 Å². The molecule has 0 aliphatic carbocycles. The number of pyridine rings is 4. The third-order valence-electron chi connectivity index (χ3n) is 24.9. The first-order chi connectivity index (χ1) is 71.9. The second-order valence-electron chi connectivity index (χ2n) is 36.0. The Labute approximate surface area is 821 Å². The Bertz CT molecular complexity index is 8970. The summed E-state index contributed by atoms with van der Waals surface area (Å²) >= 11 is 0. The van der Waals surface area contributed by atoms with E-state index in [2.05, 4.69) is 25.4 Å². The maximum atomic E-state index is 9.24. The third kappa shape index (κ3) is 18.1. The van der Waals surface area contributed by atoms with Crippen molar-refractivity contribution in [1.82, 2.24) is 0 Å². The standard InChI is InChI=1S/4C31H29N2O/c1-19(2)14-22-16-21(4)33(6)27(17-22)29-20(3)15-26(23-10-8-7-9-11-23)30-25-13-12-24(32-5)18-28(25)34-31(29)30;1-19(2)14-22-15-21(4)33(6)27(16-22)29-20(3)12-13-25-30-26(23-10-8-7-9-11-23)17-24(32-5)18-28(30)34-31(25)29;2*1-19(2)14-22-15-21(4)33(6)28(16-22)30-20(3)12-13-24-26-17-25(23-10-8-7-9-11-23)27(32-5)18-29(26)34-31(24)30/h4*7-13,15-19H,14H2,1-4,6H3/q4*+1/i14D2,16D,17D;3*14D2,15D,16D. The van der Waals surface area contributed by atoms with Crippen molar-refractivity contribution in [1.29, 1.82) is 0 Å². The van der Waals surface area contributed by atoms with E-state index < -0.39 is 49.2 Å². The van der Waals surface area contributed by atoms with E-state index in [1.165, 1.54) is 0 Å². The van der Waals surface area contributed by atoms with E-state index in [1.54, 1.807) is 146 Å². The molecule has 8 aromatic heterocycles. The van der Waals surface area contributed by atoms with E-state index in [1.807, 2.05) is 224 Å². The first-order valence-electron chi connectivity index (χ1n) is 53.7. The number of benzene rings is 12. The van der Waals surface area contributed by atoms with Crippen molar-refractivity contribution >= 4 is 111 Å². The van der Waals surface area contributed by atoms with Crippen molar-refractivity contribution in [3.05, 3.63) is 380 Å². The van der Waals surface area contributed by atoms with Crippen LogP contribution in [0.5, 0.6) is 0 Å². The van der Waals surface area contributed by atoms with E-state index in [0.29, 0.717) is 135 Å². The molecular weight excluding hydrogens is 1670 g/mol. The minimum Gasteiger partial charge on any atom is -0.456 e. The molecule has 8 heterocycles. The van der Waals surface area contributed by atoms with Crippen LogP contribution in [0, 0.1) is 105 Å². The fourth-order valence-corrected chi connectivity index (χ4v) is 18.0. The smallest absolute Gasteiger partial charge is 0.216 e. The number of aromatic nitrogens is 4. The fourth-order valence-electron chi connectivity index (χ4n) is 18.0. The average Bonchev–Trinajstić information content (AvgIpc) is 1.47. The van der Waals surface area contributed by atoms with Crippen LogP contribution in [0.3, 0.4) is 0 Å². The zero-order valence-electron chi connectivity index (χ0n) is 96.3. The Morgan fingerprint density at radius 1 is 0.279 bits per heavy atom. The van der Waals surface area contributed by atoms with Gasteiger partial charge in [0.1, 0.15) is 72.9 Å². The first kappa shape index (κ1) is 73.9.